The predicted octanol–water partition coefficient (Wildman–Crippen LogP) is 4.63. The van der Waals surface area contributed by atoms with Gasteiger partial charge in [-0.2, -0.15) is 0 Å². The smallest absolute Gasteiger partial charge is 0.263 e. The summed E-state index contributed by atoms with van der Waals surface area (Å²) < 4.78 is 1.72. The Morgan fingerprint density at radius 1 is 1.22 bits per heavy atom. The van der Waals surface area contributed by atoms with E-state index in [-0.39, 0.29) is 5.91 Å². The van der Waals surface area contributed by atoms with E-state index in [1.54, 1.807) is 22.9 Å². The number of rotatable bonds is 2. The number of pyridine rings is 1. The molecule has 5 heteroatoms. The Morgan fingerprint density at radius 2 is 2.11 bits per heavy atom. The summed E-state index contributed by atoms with van der Waals surface area (Å²) in [6.45, 7) is 2.19. The molecule has 27 heavy (non-hydrogen) atoms. The van der Waals surface area contributed by atoms with Crippen LogP contribution in [0.1, 0.15) is 35.2 Å². The van der Waals surface area contributed by atoms with E-state index in [1.165, 1.54) is 25.0 Å². The van der Waals surface area contributed by atoms with E-state index in [1.807, 2.05) is 30.6 Å². The lowest BCUT2D eigenvalue weighted by molar-refractivity contribution is 0.0965. The van der Waals surface area contributed by atoms with Gasteiger partial charge in [-0.3, -0.25) is 19.2 Å². The SMILES string of the molecule is O=C(c1ccccc1Cl)n1cc(C2=CCN3CCCC3C2)c2cnccc21. The number of fused-ring (bicyclic) bond motifs is 2. The van der Waals surface area contributed by atoms with Crippen molar-refractivity contribution >= 4 is 34.0 Å². The van der Waals surface area contributed by atoms with Crippen molar-refractivity contribution in [2.24, 2.45) is 0 Å². The molecule has 1 aromatic carbocycles. The Kier molecular flexibility index (Phi) is 4.10. The van der Waals surface area contributed by atoms with Crippen molar-refractivity contribution in [2.45, 2.75) is 25.3 Å². The number of hydrogen-bond donors (Lipinski definition) is 0. The quantitative estimate of drug-likeness (QED) is 0.653. The van der Waals surface area contributed by atoms with Gasteiger partial charge in [-0.1, -0.05) is 29.8 Å². The van der Waals surface area contributed by atoms with Crippen molar-refractivity contribution in [3.05, 3.63) is 71.1 Å². The van der Waals surface area contributed by atoms with Crippen LogP contribution in [0.4, 0.5) is 0 Å². The minimum Gasteiger partial charge on any atom is -0.296 e. The van der Waals surface area contributed by atoms with Crippen molar-refractivity contribution < 1.29 is 4.79 Å². The van der Waals surface area contributed by atoms with Crippen LogP contribution in [0.15, 0.2) is 55.0 Å². The molecule has 1 atom stereocenters. The average Bonchev–Trinajstić information content (AvgIpc) is 3.32. The van der Waals surface area contributed by atoms with E-state index < -0.39 is 0 Å². The van der Waals surface area contributed by atoms with Gasteiger partial charge in [-0.05, 0) is 49.6 Å². The maximum atomic E-state index is 13.2. The third kappa shape index (κ3) is 2.80. The molecule has 0 N–H and O–H groups in total. The van der Waals surface area contributed by atoms with Crippen LogP contribution in [0.3, 0.4) is 0 Å². The first-order valence-electron chi connectivity index (χ1n) is 9.40. The highest BCUT2D eigenvalue weighted by Gasteiger charge is 2.29. The number of hydrogen-bond acceptors (Lipinski definition) is 3. The fourth-order valence-corrected chi connectivity index (χ4v) is 4.63. The standard InChI is InChI=1S/C22H20ClN3O/c23-20-6-2-1-5-17(20)22(27)26-14-19(18-13-24-9-7-21(18)26)15-8-11-25-10-3-4-16(25)12-15/h1-2,5-9,13-14,16H,3-4,10-12H2. The van der Waals surface area contributed by atoms with Crippen LogP contribution in [0.5, 0.6) is 0 Å². The monoisotopic (exact) mass is 377 g/mol. The largest absolute Gasteiger partial charge is 0.296 e. The summed E-state index contributed by atoms with van der Waals surface area (Å²) in [5, 5.41) is 1.49. The maximum absolute atomic E-state index is 13.2. The molecule has 2 aromatic heterocycles. The second-order valence-corrected chi connectivity index (χ2v) is 7.72. The molecular formula is C22H20ClN3O. The molecule has 0 radical (unpaired) electrons. The van der Waals surface area contributed by atoms with Gasteiger partial charge >= 0.3 is 0 Å². The molecule has 136 valence electrons. The van der Waals surface area contributed by atoms with Crippen molar-refractivity contribution in [3.63, 3.8) is 0 Å². The average molecular weight is 378 g/mol. The third-order valence-corrected chi connectivity index (χ3v) is 6.13. The van der Waals surface area contributed by atoms with Gasteiger partial charge in [-0.25, -0.2) is 0 Å². The zero-order chi connectivity index (χ0) is 18.4. The molecule has 0 aliphatic carbocycles. The Hall–Kier alpha value is -2.43. The topological polar surface area (TPSA) is 38.1 Å². The molecule has 3 aromatic rings. The fourth-order valence-electron chi connectivity index (χ4n) is 4.41. The lowest BCUT2D eigenvalue weighted by Gasteiger charge is -2.29. The number of carbonyl (C=O) groups excluding carboxylic acids is 1. The summed E-state index contributed by atoms with van der Waals surface area (Å²) in [7, 11) is 0. The van der Waals surface area contributed by atoms with Crippen LogP contribution in [0.25, 0.3) is 16.5 Å². The van der Waals surface area contributed by atoms with Crippen LogP contribution < -0.4 is 0 Å². The summed E-state index contributed by atoms with van der Waals surface area (Å²) in [6.07, 6.45) is 11.4. The number of nitrogens with zero attached hydrogens (tertiary/aromatic N) is 3. The van der Waals surface area contributed by atoms with Gasteiger partial charge < -0.3 is 0 Å². The Bertz CT molecular complexity index is 1070. The fraction of sp³-hybridized carbons (Fsp3) is 0.273. The summed E-state index contributed by atoms with van der Waals surface area (Å²) in [6, 6.07) is 9.72. The lowest BCUT2D eigenvalue weighted by Crippen LogP contribution is -2.32. The Labute approximate surface area is 163 Å². The molecule has 5 rings (SSSR count). The van der Waals surface area contributed by atoms with Gasteiger partial charge in [0, 0.05) is 42.1 Å². The van der Waals surface area contributed by atoms with Gasteiger partial charge in [0.15, 0.2) is 0 Å². The van der Waals surface area contributed by atoms with Crippen LogP contribution in [-0.2, 0) is 0 Å². The molecule has 0 bridgehead atoms. The second-order valence-electron chi connectivity index (χ2n) is 7.32. The molecule has 2 aliphatic heterocycles. The number of aromatic nitrogens is 2. The van der Waals surface area contributed by atoms with E-state index >= 15 is 0 Å². The zero-order valence-corrected chi connectivity index (χ0v) is 15.7. The number of halogens is 1. The van der Waals surface area contributed by atoms with Crippen molar-refractivity contribution in [3.8, 4) is 0 Å². The van der Waals surface area contributed by atoms with Crippen molar-refractivity contribution in [1.29, 1.82) is 0 Å². The van der Waals surface area contributed by atoms with Gasteiger partial charge in [0.05, 0.1) is 16.1 Å². The van der Waals surface area contributed by atoms with Crippen molar-refractivity contribution in [1.82, 2.24) is 14.5 Å². The Balaban J connectivity index is 1.61. The van der Waals surface area contributed by atoms with E-state index in [9.17, 15) is 4.79 Å². The Morgan fingerprint density at radius 3 is 3.00 bits per heavy atom. The highest BCUT2D eigenvalue weighted by molar-refractivity contribution is 6.34. The first-order chi connectivity index (χ1) is 13.2. The van der Waals surface area contributed by atoms with E-state index in [0.29, 0.717) is 16.6 Å². The van der Waals surface area contributed by atoms with Crippen LogP contribution in [-0.4, -0.2) is 39.5 Å². The summed E-state index contributed by atoms with van der Waals surface area (Å²) >= 11 is 6.27. The van der Waals surface area contributed by atoms with Crippen LogP contribution in [0.2, 0.25) is 5.02 Å². The lowest BCUT2D eigenvalue weighted by atomic mass is 9.94. The van der Waals surface area contributed by atoms with Crippen LogP contribution >= 0.6 is 11.6 Å². The molecule has 0 amide bonds. The van der Waals surface area contributed by atoms with Crippen molar-refractivity contribution in [2.75, 3.05) is 13.1 Å². The van der Waals surface area contributed by atoms with Gasteiger partial charge in [0.25, 0.3) is 5.91 Å². The van der Waals surface area contributed by atoms with E-state index in [2.05, 4.69) is 16.0 Å². The number of carbonyl (C=O) groups is 1. The number of benzene rings is 1. The molecule has 1 unspecified atom stereocenters. The first kappa shape index (κ1) is 16.7. The summed E-state index contributed by atoms with van der Waals surface area (Å²) in [5.41, 5.74) is 3.82. The maximum Gasteiger partial charge on any atom is 0.263 e. The first-order valence-corrected chi connectivity index (χ1v) is 9.78. The summed E-state index contributed by atoms with van der Waals surface area (Å²) in [4.78, 5) is 20.1. The van der Waals surface area contributed by atoms with E-state index in [4.69, 9.17) is 11.6 Å². The minimum atomic E-state index is -0.109. The molecular weight excluding hydrogens is 358 g/mol. The van der Waals surface area contributed by atoms with Gasteiger partial charge in [-0.15, -0.1) is 0 Å². The molecule has 1 saturated heterocycles. The third-order valence-electron chi connectivity index (χ3n) is 5.80. The minimum absolute atomic E-state index is 0.109. The molecule has 0 spiro atoms. The molecule has 4 nitrogen and oxygen atoms in total. The second kappa shape index (κ2) is 6.63. The van der Waals surface area contributed by atoms with E-state index in [0.717, 1.165) is 29.4 Å². The predicted molar refractivity (Wildman–Crippen MR) is 108 cm³/mol. The van der Waals surface area contributed by atoms with Crippen LogP contribution in [0, 0.1) is 0 Å². The summed E-state index contributed by atoms with van der Waals surface area (Å²) in [5.74, 6) is -0.109. The van der Waals surface area contributed by atoms with Gasteiger partial charge in [0.1, 0.15) is 0 Å². The molecule has 1 fully saturated rings. The zero-order valence-electron chi connectivity index (χ0n) is 14.9. The highest BCUT2D eigenvalue weighted by atomic mass is 35.5. The molecule has 2 aliphatic rings. The molecule has 0 saturated carbocycles. The normalized spacial score (nSPS) is 19.9. The highest BCUT2D eigenvalue weighted by Crippen LogP contribution is 2.36. The van der Waals surface area contributed by atoms with Gasteiger partial charge in [0.2, 0.25) is 0 Å². The molecule has 4 heterocycles.